The van der Waals surface area contributed by atoms with Crippen LogP contribution < -0.4 is 0 Å². The van der Waals surface area contributed by atoms with E-state index in [2.05, 4.69) is 4.90 Å². The Bertz CT molecular complexity index is 491. The standard InChI is InChI=1S/C22H39NO5/c1-3-28-22(2,21(24)25)16-17-8-10-18(11-9-17)26-14-12-23-13-15-27-20-7-5-4-6-19(20)23/h17-20H,3-16H2,1-2H3,(H,24,25). The van der Waals surface area contributed by atoms with Crippen LogP contribution in [0.15, 0.2) is 0 Å². The third-order valence-corrected chi connectivity index (χ3v) is 6.97. The van der Waals surface area contributed by atoms with Crippen LogP contribution in [0.4, 0.5) is 0 Å². The summed E-state index contributed by atoms with van der Waals surface area (Å²) in [4.78, 5) is 14.2. The molecule has 0 radical (unpaired) electrons. The zero-order valence-electron chi connectivity index (χ0n) is 17.7. The molecular formula is C22H39NO5. The lowest BCUT2D eigenvalue weighted by molar-refractivity contribution is -0.166. The van der Waals surface area contributed by atoms with Crippen molar-refractivity contribution >= 4 is 5.97 Å². The van der Waals surface area contributed by atoms with E-state index in [-0.39, 0.29) is 0 Å². The summed E-state index contributed by atoms with van der Waals surface area (Å²) < 4.78 is 17.7. The van der Waals surface area contributed by atoms with E-state index in [1.165, 1.54) is 25.7 Å². The Labute approximate surface area is 169 Å². The average molecular weight is 398 g/mol. The molecule has 3 fully saturated rings. The number of carbonyl (C=O) groups is 1. The second-order valence-electron chi connectivity index (χ2n) is 8.98. The SMILES string of the molecule is CCOC(C)(CC1CCC(OCCN2CCOC3CCCCC32)CC1)C(=O)O. The van der Waals surface area contributed by atoms with Gasteiger partial charge in [0.2, 0.25) is 0 Å². The summed E-state index contributed by atoms with van der Waals surface area (Å²) in [5.74, 6) is -0.436. The predicted molar refractivity (Wildman–Crippen MR) is 108 cm³/mol. The topological polar surface area (TPSA) is 68.2 Å². The molecule has 1 saturated heterocycles. The number of ether oxygens (including phenoxy) is 3. The highest BCUT2D eigenvalue weighted by Crippen LogP contribution is 2.34. The van der Waals surface area contributed by atoms with Crippen LogP contribution in [0.1, 0.15) is 71.6 Å². The van der Waals surface area contributed by atoms with Crippen molar-refractivity contribution in [2.75, 3.05) is 32.9 Å². The summed E-state index contributed by atoms with van der Waals surface area (Å²) >= 11 is 0. The molecule has 1 N–H and O–H groups in total. The van der Waals surface area contributed by atoms with Gasteiger partial charge in [0.15, 0.2) is 5.60 Å². The molecule has 0 aromatic carbocycles. The highest BCUT2D eigenvalue weighted by molar-refractivity contribution is 5.76. The largest absolute Gasteiger partial charge is 0.479 e. The first-order valence-electron chi connectivity index (χ1n) is 11.4. The quantitative estimate of drug-likeness (QED) is 0.642. The zero-order valence-corrected chi connectivity index (χ0v) is 17.7. The Hall–Kier alpha value is -0.690. The summed E-state index contributed by atoms with van der Waals surface area (Å²) in [6.45, 7) is 7.69. The molecule has 2 aliphatic carbocycles. The van der Waals surface area contributed by atoms with E-state index in [0.29, 0.717) is 37.2 Å². The van der Waals surface area contributed by atoms with Crippen LogP contribution in [0.2, 0.25) is 0 Å². The second-order valence-corrected chi connectivity index (χ2v) is 8.98. The summed E-state index contributed by atoms with van der Waals surface area (Å²) in [5.41, 5.74) is -1.06. The van der Waals surface area contributed by atoms with E-state index in [9.17, 15) is 9.90 Å². The van der Waals surface area contributed by atoms with Crippen molar-refractivity contribution in [3.63, 3.8) is 0 Å². The number of morpholine rings is 1. The molecule has 28 heavy (non-hydrogen) atoms. The molecule has 3 aliphatic rings. The lowest BCUT2D eigenvalue weighted by atomic mass is 9.80. The number of carboxylic acids is 1. The molecule has 0 spiro atoms. The number of nitrogens with zero attached hydrogens (tertiary/aromatic N) is 1. The lowest BCUT2D eigenvalue weighted by Gasteiger charge is -2.44. The van der Waals surface area contributed by atoms with Crippen LogP contribution in [-0.4, -0.2) is 72.7 Å². The zero-order chi connectivity index (χ0) is 20.0. The summed E-state index contributed by atoms with van der Waals surface area (Å²) in [5, 5.41) is 9.51. The molecule has 3 atom stereocenters. The van der Waals surface area contributed by atoms with E-state index < -0.39 is 11.6 Å². The first kappa shape index (κ1) is 22.0. The number of rotatable bonds is 9. The maximum Gasteiger partial charge on any atom is 0.335 e. The smallest absolute Gasteiger partial charge is 0.335 e. The van der Waals surface area contributed by atoms with Crippen molar-refractivity contribution in [3.05, 3.63) is 0 Å². The third-order valence-electron chi connectivity index (χ3n) is 6.97. The number of hydrogen-bond acceptors (Lipinski definition) is 5. The van der Waals surface area contributed by atoms with Crippen LogP contribution in [0.5, 0.6) is 0 Å². The highest BCUT2D eigenvalue weighted by atomic mass is 16.5. The third kappa shape index (κ3) is 5.68. The number of aliphatic carboxylic acids is 1. The summed E-state index contributed by atoms with van der Waals surface area (Å²) in [7, 11) is 0. The Morgan fingerprint density at radius 2 is 1.93 bits per heavy atom. The van der Waals surface area contributed by atoms with E-state index in [1.807, 2.05) is 6.92 Å². The molecule has 6 nitrogen and oxygen atoms in total. The Balaban J connectivity index is 1.36. The van der Waals surface area contributed by atoms with Gasteiger partial charge in [-0.1, -0.05) is 12.8 Å². The number of hydrogen-bond donors (Lipinski definition) is 1. The molecular weight excluding hydrogens is 358 g/mol. The lowest BCUT2D eigenvalue weighted by Crippen LogP contribution is -2.53. The fraction of sp³-hybridized carbons (Fsp3) is 0.955. The molecule has 1 heterocycles. The summed E-state index contributed by atoms with van der Waals surface area (Å²) in [6, 6.07) is 0.592. The maximum absolute atomic E-state index is 11.6. The minimum atomic E-state index is -1.06. The maximum atomic E-state index is 11.6. The van der Waals surface area contributed by atoms with Gasteiger partial charge in [0, 0.05) is 25.7 Å². The predicted octanol–water partition coefficient (Wildman–Crippen LogP) is 3.48. The van der Waals surface area contributed by atoms with Crippen LogP contribution in [0.25, 0.3) is 0 Å². The van der Waals surface area contributed by atoms with Crippen LogP contribution >= 0.6 is 0 Å². The Morgan fingerprint density at radius 3 is 2.64 bits per heavy atom. The van der Waals surface area contributed by atoms with E-state index >= 15 is 0 Å². The van der Waals surface area contributed by atoms with Crippen LogP contribution in [0, 0.1) is 5.92 Å². The molecule has 3 rings (SSSR count). The van der Waals surface area contributed by atoms with Gasteiger partial charge in [0.1, 0.15) is 0 Å². The second kappa shape index (κ2) is 10.4. The molecule has 6 heteroatoms. The fourth-order valence-electron chi connectivity index (χ4n) is 5.37. The van der Waals surface area contributed by atoms with Gasteiger partial charge in [-0.05, 0) is 64.7 Å². The van der Waals surface area contributed by atoms with E-state index in [0.717, 1.165) is 52.0 Å². The normalized spacial score (nSPS) is 33.8. The van der Waals surface area contributed by atoms with Gasteiger partial charge in [-0.3, -0.25) is 4.90 Å². The monoisotopic (exact) mass is 397 g/mol. The highest BCUT2D eigenvalue weighted by Gasteiger charge is 2.38. The molecule has 0 bridgehead atoms. The molecule has 162 valence electrons. The van der Waals surface area contributed by atoms with Crippen molar-refractivity contribution in [1.29, 1.82) is 0 Å². The van der Waals surface area contributed by atoms with Gasteiger partial charge >= 0.3 is 5.97 Å². The van der Waals surface area contributed by atoms with Crippen molar-refractivity contribution in [1.82, 2.24) is 4.90 Å². The first-order valence-corrected chi connectivity index (χ1v) is 11.4. The van der Waals surface area contributed by atoms with Crippen molar-refractivity contribution in [2.24, 2.45) is 5.92 Å². The van der Waals surface area contributed by atoms with Gasteiger partial charge in [-0.2, -0.15) is 0 Å². The number of carboxylic acid groups (broad SMARTS) is 1. The van der Waals surface area contributed by atoms with Crippen molar-refractivity contribution in [3.8, 4) is 0 Å². The Morgan fingerprint density at radius 1 is 1.18 bits per heavy atom. The fourth-order valence-corrected chi connectivity index (χ4v) is 5.37. The van der Waals surface area contributed by atoms with Gasteiger partial charge in [-0.25, -0.2) is 4.79 Å². The molecule has 0 amide bonds. The minimum absolute atomic E-state index is 0.322. The molecule has 3 unspecified atom stereocenters. The van der Waals surface area contributed by atoms with Crippen LogP contribution in [-0.2, 0) is 19.0 Å². The van der Waals surface area contributed by atoms with Gasteiger partial charge in [0.05, 0.1) is 25.4 Å². The van der Waals surface area contributed by atoms with Crippen molar-refractivity contribution < 1.29 is 24.1 Å². The van der Waals surface area contributed by atoms with Gasteiger partial charge in [-0.15, -0.1) is 0 Å². The minimum Gasteiger partial charge on any atom is -0.479 e. The average Bonchev–Trinajstić information content (AvgIpc) is 2.69. The number of fused-ring (bicyclic) bond motifs is 1. The van der Waals surface area contributed by atoms with Gasteiger partial charge < -0.3 is 19.3 Å². The summed E-state index contributed by atoms with van der Waals surface area (Å²) in [6.07, 6.45) is 10.6. The molecule has 0 aromatic rings. The molecule has 2 saturated carbocycles. The van der Waals surface area contributed by atoms with E-state index in [4.69, 9.17) is 14.2 Å². The Kier molecular flexibility index (Phi) is 8.15. The van der Waals surface area contributed by atoms with Gasteiger partial charge in [0.25, 0.3) is 0 Å². The molecule has 0 aromatic heterocycles. The van der Waals surface area contributed by atoms with Crippen LogP contribution in [0.3, 0.4) is 0 Å². The first-order chi connectivity index (χ1) is 13.5. The van der Waals surface area contributed by atoms with E-state index in [1.54, 1.807) is 6.92 Å². The van der Waals surface area contributed by atoms with Crippen molar-refractivity contribution in [2.45, 2.75) is 95.5 Å². The molecule has 1 aliphatic heterocycles.